The summed E-state index contributed by atoms with van der Waals surface area (Å²) in [6.45, 7) is 6.24. The van der Waals surface area contributed by atoms with Gasteiger partial charge in [-0.1, -0.05) is 5.57 Å². The zero-order valence-corrected chi connectivity index (χ0v) is 8.99. The summed E-state index contributed by atoms with van der Waals surface area (Å²) in [4.78, 5) is 7.76. The summed E-state index contributed by atoms with van der Waals surface area (Å²) in [7, 11) is 1.51. The molecule has 0 aliphatic heterocycles. The molecule has 82 valence electrons. The highest BCUT2D eigenvalue weighted by molar-refractivity contribution is 5.29. The Kier molecular flexibility index (Phi) is 3.91. The second kappa shape index (κ2) is 5.19. The van der Waals surface area contributed by atoms with Crippen LogP contribution in [-0.2, 0) is 0 Å². The van der Waals surface area contributed by atoms with Gasteiger partial charge in [0.2, 0.25) is 17.7 Å². The lowest BCUT2D eigenvalue weighted by atomic mass is 10.3. The standard InChI is InChI=1S/C10H15N3O2/c1-7(2)4-5-15-9-6-8(14-3)12-10(11)13-9/h6H,1,4-5H2,2-3H3,(H2,11,12,13). The number of ether oxygens (including phenoxy) is 2. The second-order valence-electron chi connectivity index (χ2n) is 3.16. The van der Waals surface area contributed by atoms with Crippen molar-refractivity contribution < 1.29 is 9.47 Å². The fourth-order valence-corrected chi connectivity index (χ4v) is 0.929. The van der Waals surface area contributed by atoms with Crippen LogP contribution in [0.25, 0.3) is 0 Å². The normalized spacial score (nSPS) is 9.73. The van der Waals surface area contributed by atoms with Crippen LogP contribution in [0.3, 0.4) is 0 Å². The maximum atomic E-state index is 5.47. The minimum atomic E-state index is 0.139. The molecule has 1 aromatic rings. The number of nitrogen functional groups attached to an aromatic ring is 1. The van der Waals surface area contributed by atoms with Crippen molar-refractivity contribution in [3.05, 3.63) is 18.2 Å². The van der Waals surface area contributed by atoms with E-state index in [0.717, 1.165) is 12.0 Å². The Hall–Kier alpha value is -1.78. The Morgan fingerprint density at radius 3 is 2.73 bits per heavy atom. The number of aromatic nitrogens is 2. The third-order valence-electron chi connectivity index (χ3n) is 1.68. The molecule has 0 fully saturated rings. The average Bonchev–Trinajstić information content (AvgIpc) is 2.16. The summed E-state index contributed by atoms with van der Waals surface area (Å²) in [5.41, 5.74) is 6.53. The number of nitrogens with zero attached hydrogens (tertiary/aromatic N) is 2. The molecule has 1 heterocycles. The molecule has 0 saturated heterocycles. The predicted octanol–water partition coefficient (Wildman–Crippen LogP) is 1.41. The predicted molar refractivity (Wildman–Crippen MR) is 57.9 cm³/mol. The van der Waals surface area contributed by atoms with Gasteiger partial charge in [0.15, 0.2) is 0 Å². The van der Waals surface area contributed by atoms with Gasteiger partial charge >= 0.3 is 0 Å². The third-order valence-corrected chi connectivity index (χ3v) is 1.68. The molecule has 0 aliphatic carbocycles. The quantitative estimate of drug-likeness (QED) is 0.742. The smallest absolute Gasteiger partial charge is 0.226 e. The zero-order chi connectivity index (χ0) is 11.3. The number of methoxy groups -OCH3 is 1. The summed E-state index contributed by atoms with van der Waals surface area (Å²) in [5.74, 6) is 0.952. The fourth-order valence-electron chi connectivity index (χ4n) is 0.929. The van der Waals surface area contributed by atoms with E-state index in [1.54, 1.807) is 6.07 Å². The molecule has 15 heavy (non-hydrogen) atoms. The Bertz CT molecular complexity index is 353. The molecular formula is C10H15N3O2. The molecule has 0 bridgehead atoms. The van der Waals surface area contributed by atoms with E-state index in [9.17, 15) is 0 Å². The summed E-state index contributed by atoms with van der Waals surface area (Å²) < 4.78 is 10.3. The van der Waals surface area contributed by atoms with Crippen LogP contribution in [-0.4, -0.2) is 23.7 Å². The van der Waals surface area contributed by atoms with E-state index in [1.165, 1.54) is 7.11 Å². The Labute approximate surface area is 88.9 Å². The minimum Gasteiger partial charge on any atom is -0.481 e. The van der Waals surface area contributed by atoms with Gasteiger partial charge in [-0.3, -0.25) is 0 Å². The van der Waals surface area contributed by atoms with Gasteiger partial charge in [-0.25, -0.2) is 0 Å². The lowest BCUT2D eigenvalue weighted by Gasteiger charge is -2.06. The molecule has 5 nitrogen and oxygen atoms in total. The zero-order valence-electron chi connectivity index (χ0n) is 8.99. The average molecular weight is 209 g/mol. The second-order valence-corrected chi connectivity index (χ2v) is 3.16. The number of anilines is 1. The van der Waals surface area contributed by atoms with Crippen molar-refractivity contribution in [3.63, 3.8) is 0 Å². The van der Waals surface area contributed by atoms with Crippen molar-refractivity contribution >= 4 is 5.95 Å². The van der Waals surface area contributed by atoms with Gasteiger partial charge in [0.1, 0.15) is 0 Å². The maximum Gasteiger partial charge on any atom is 0.226 e. The van der Waals surface area contributed by atoms with Gasteiger partial charge < -0.3 is 15.2 Å². The lowest BCUT2D eigenvalue weighted by molar-refractivity contribution is 0.305. The summed E-state index contributed by atoms with van der Waals surface area (Å²) >= 11 is 0. The van der Waals surface area contributed by atoms with Crippen molar-refractivity contribution in [1.82, 2.24) is 9.97 Å². The number of hydrogen-bond donors (Lipinski definition) is 1. The molecule has 0 aromatic carbocycles. The van der Waals surface area contributed by atoms with E-state index < -0.39 is 0 Å². The number of hydrogen-bond acceptors (Lipinski definition) is 5. The van der Waals surface area contributed by atoms with E-state index in [1.807, 2.05) is 6.92 Å². The lowest BCUT2D eigenvalue weighted by Crippen LogP contribution is -2.03. The van der Waals surface area contributed by atoms with E-state index in [4.69, 9.17) is 15.2 Å². The van der Waals surface area contributed by atoms with Gasteiger partial charge in [-0.15, -0.1) is 6.58 Å². The van der Waals surface area contributed by atoms with E-state index in [2.05, 4.69) is 16.5 Å². The van der Waals surface area contributed by atoms with Gasteiger partial charge in [0.25, 0.3) is 0 Å². The van der Waals surface area contributed by atoms with Crippen molar-refractivity contribution in [2.75, 3.05) is 19.5 Å². The molecule has 0 amide bonds. The van der Waals surface area contributed by atoms with Crippen LogP contribution in [0.15, 0.2) is 18.2 Å². The summed E-state index contributed by atoms with van der Waals surface area (Å²) in [5, 5.41) is 0. The molecule has 0 spiro atoms. The van der Waals surface area contributed by atoms with E-state index >= 15 is 0 Å². The Morgan fingerprint density at radius 1 is 1.47 bits per heavy atom. The first-order chi connectivity index (χ1) is 7.11. The van der Waals surface area contributed by atoms with Crippen LogP contribution in [0, 0.1) is 0 Å². The Morgan fingerprint density at radius 2 is 2.13 bits per heavy atom. The summed E-state index contributed by atoms with van der Waals surface area (Å²) in [6, 6.07) is 1.59. The Balaban J connectivity index is 2.60. The van der Waals surface area contributed by atoms with Gasteiger partial charge in [-0.2, -0.15) is 9.97 Å². The SMILES string of the molecule is C=C(C)CCOc1cc(OC)nc(N)n1. The highest BCUT2D eigenvalue weighted by Gasteiger charge is 2.02. The van der Waals surface area contributed by atoms with E-state index in [0.29, 0.717) is 18.4 Å². The van der Waals surface area contributed by atoms with Crippen molar-refractivity contribution in [1.29, 1.82) is 0 Å². The van der Waals surface area contributed by atoms with Crippen molar-refractivity contribution in [2.45, 2.75) is 13.3 Å². The number of nitrogens with two attached hydrogens (primary N) is 1. The van der Waals surface area contributed by atoms with Crippen LogP contribution in [0.2, 0.25) is 0 Å². The van der Waals surface area contributed by atoms with Crippen LogP contribution >= 0.6 is 0 Å². The topological polar surface area (TPSA) is 70.3 Å². The molecular weight excluding hydrogens is 194 g/mol. The van der Waals surface area contributed by atoms with Crippen LogP contribution in [0.1, 0.15) is 13.3 Å². The first-order valence-corrected chi connectivity index (χ1v) is 4.57. The van der Waals surface area contributed by atoms with Crippen molar-refractivity contribution in [3.8, 4) is 11.8 Å². The highest BCUT2D eigenvalue weighted by atomic mass is 16.5. The molecule has 0 saturated carbocycles. The van der Waals surface area contributed by atoms with Crippen molar-refractivity contribution in [2.24, 2.45) is 0 Å². The molecule has 0 atom stereocenters. The van der Waals surface area contributed by atoms with E-state index in [-0.39, 0.29) is 5.95 Å². The number of rotatable bonds is 5. The van der Waals surface area contributed by atoms with Gasteiger partial charge in [0.05, 0.1) is 19.8 Å². The van der Waals surface area contributed by atoms with Gasteiger partial charge in [-0.05, 0) is 6.92 Å². The fraction of sp³-hybridized carbons (Fsp3) is 0.400. The largest absolute Gasteiger partial charge is 0.481 e. The summed E-state index contributed by atoms with van der Waals surface area (Å²) in [6.07, 6.45) is 0.784. The first-order valence-electron chi connectivity index (χ1n) is 4.57. The molecule has 0 aliphatic rings. The highest BCUT2D eigenvalue weighted by Crippen LogP contribution is 2.16. The van der Waals surface area contributed by atoms with Crippen LogP contribution in [0.4, 0.5) is 5.95 Å². The minimum absolute atomic E-state index is 0.139. The van der Waals surface area contributed by atoms with Gasteiger partial charge in [0, 0.05) is 6.42 Å². The molecule has 5 heteroatoms. The molecule has 1 aromatic heterocycles. The maximum absolute atomic E-state index is 5.47. The molecule has 0 radical (unpaired) electrons. The first kappa shape index (κ1) is 11.3. The molecule has 2 N–H and O–H groups in total. The van der Waals surface area contributed by atoms with Crippen LogP contribution in [0.5, 0.6) is 11.8 Å². The third kappa shape index (κ3) is 3.84. The monoisotopic (exact) mass is 209 g/mol. The molecule has 1 rings (SSSR count). The van der Waals surface area contributed by atoms with Crippen LogP contribution < -0.4 is 15.2 Å². The molecule has 0 unspecified atom stereocenters.